The summed E-state index contributed by atoms with van der Waals surface area (Å²) < 4.78 is 0. The Hall–Kier alpha value is 0.550. The molecule has 0 unspecified atom stereocenters. The van der Waals surface area contributed by atoms with Gasteiger partial charge >= 0.3 is 48.7 Å². The fourth-order valence-corrected chi connectivity index (χ4v) is 1.77. The fourth-order valence-electron chi connectivity index (χ4n) is 1.77. The summed E-state index contributed by atoms with van der Waals surface area (Å²) in [5, 5.41) is 10.4. The summed E-state index contributed by atoms with van der Waals surface area (Å²) in [6, 6.07) is -0.789. The van der Waals surface area contributed by atoms with Gasteiger partial charge in [0.25, 0.3) is 0 Å². The number of amides is 1. The maximum absolute atomic E-state index is 10.2. The van der Waals surface area contributed by atoms with Gasteiger partial charge in [-0.15, -0.1) is 0 Å². The molecule has 0 saturated heterocycles. The molecule has 4 nitrogen and oxygen atoms in total. The van der Waals surface area contributed by atoms with Gasteiger partial charge in [-0.2, -0.15) is 0 Å². The average molecular weight is 554 g/mol. The van der Waals surface area contributed by atoms with Crippen molar-refractivity contribution in [2.24, 2.45) is 0 Å². The molecule has 5 radical (unpaired) electrons. The van der Waals surface area contributed by atoms with Crippen LogP contribution in [0, 0.1) is 29.6 Å². The summed E-state index contributed by atoms with van der Waals surface area (Å²) in [7, 11) is 15.0. The van der Waals surface area contributed by atoms with Crippen molar-refractivity contribution < 1.29 is 29.9 Å². The van der Waals surface area contributed by atoms with E-state index in [1.807, 2.05) is 0 Å². The van der Waals surface area contributed by atoms with Gasteiger partial charge in [0, 0.05) is 6.92 Å². The number of halogens is 3. The normalized spacial score (nSPS) is 18.7. The number of rotatable bonds is 2. The number of carbonyl (C=O) groups is 2. The Kier molecular flexibility index (Phi) is 14.4. The SMILES string of the molecule is CC(=O)N[C@@H](C)C(=O)O.C[C]1[C](C)[C](C)[C](C)[C]1C.[Cl][Ta]([Cl])[Cl]. The Morgan fingerprint density at radius 1 is 0.913 bits per heavy atom. The number of hydrogen-bond acceptors (Lipinski definition) is 2. The molecule has 0 aromatic carbocycles. The minimum absolute atomic E-state index is 0.329. The zero-order chi connectivity index (χ0) is 18.9. The van der Waals surface area contributed by atoms with Crippen molar-refractivity contribution in [3.05, 3.63) is 29.6 Å². The number of aliphatic carboxylic acids is 1. The molecule has 1 amide bonds. The average Bonchev–Trinajstić information content (AvgIpc) is 2.56. The van der Waals surface area contributed by atoms with E-state index in [9.17, 15) is 9.59 Å². The van der Waals surface area contributed by atoms with Crippen LogP contribution in [0.4, 0.5) is 0 Å². The maximum atomic E-state index is 10.2. The predicted octanol–water partition coefficient (Wildman–Crippen LogP) is 4.63. The molecule has 0 aromatic heterocycles. The van der Waals surface area contributed by atoms with Crippen LogP contribution in [0.3, 0.4) is 0 Å². The number of carboxylic acid groups (broad SMARTS) is 1. The zero-order valence-corrected chi connectivity index (χ0v) is 19.9. The van der Waals surface area contributed by atoms with Crippen LogP contribution in [-0.2, 0) is 24.8 Å². The van der Waals surface area contributed by atoms with Gasteiger partial charge in [0.05, 0.1) is 0 Å². The van der Waals surface area contributed by atoms with Crippen molar-refractivity contribution in [1.29, 1.82) is 0 Å². The molecule has 0 heterocycles. The van der Waals surface area contributed by atoms with E-state index in [1.165, 1.54) is 43.4 Å². The first kappa shape index (κ1) is 25.8. The molecule has 0 spiro atoms. The van der Waals surface area contributed by atoms with Gasteiger partial charge < -0.3 is 10.4 Å². The van der Waals surface area contributed by atoms with Crippen molar-refractivity contribution in [3.63, 3.8) is 0 Å². The van der Waals surface area contributed by atoms with Crippen molar-refractivity contribution in [1.82, 2.24) is 5.32 Å². The van der Waals surface area contributed by atoms with Crippen LogP contribution in [0.2, 0.25) is 0 Å². The predicted molar refractivity (Wildman–Crippen MR) is 93.1 cm³/mol. The van der Waals surface area contributed by atoms with Crippen LogP contribution in [0.25, 0.3) is 0 Å². The van der Waals surface area contributed by atoms with Gasteiger partial charge in [0.15, 0.2) is 0 Å². The fraction of sp³-hybridized carbons (Fsp3) is 0.533. The number of carboxylic acids is 1. The molecule has 1 atom stereocenters. The molecular weight excluding hydrogens is 529 g/mol. The second kappa shape index (κ2) is 12.8. The number of nitrogens with one attached hydrogen (secondary N) is 1. The van der Waals surface area contributed by atoms with Crippen LogP contribution in [0.5, 0.6) is 0 Å². The van der Waals surface area contributed by atoms with Gasteiger partial charge in [-0.25, -0.2) is 0 Å². The molecule has 1 aliphatic rings. The molecule has 133 valence electrons. The summed E-state index contributed by atoms with van der Waals surface area (Å²) in [6.07, 6.45) is 0. The number of carbonyl (C=O) groups excluding carboxylic acids is 1. The summed E-state index contributed by atoms with van der Waals surface area (Å²) >= 11 is -2.18. The van der Waals surface area contributed by atoms with Crippen molar-refractivity contribution in [2.75, 3.05) is 0 Å². The minimum atomic E-state index is -2.18. The Labute approximate surface area is 158 Å². The third kappa shape index (κ3) is 11.7. The van der Waals surface area contributed by atoms with E-state index in [4.69, 9.17) is 32.7 Å². The Bertz CT molecular complexity index is 324. The third-order valence-corrected chi connectivity index (χ3v) is 3.60. The molecular formula is C15H24Cl3NO3Ta. The second-order valence-electron chi connectivity index (χ2n) is 5.08. The standard InChI is InChI=1S/C10H15.C5H9NO3.3ClH.Ta/c1-6-7(2)9(4)10(5)8(6)3;1-3(5(8)9)6-4(2)7;;;;/h1-5H3;3H,1-2H3,(H,6,7)(H,8,9);3*1H;/q;;;;;+3/p-3/t;3-;;;;/m.0..../s1. The molecule has 0 aromatic rings. The quantitative estimate of drug-likeness (QED) is 0.524. The van der Waals surface area contributed by atoms with Crippen LogP contribution in [0.1, 0.15) is 48.5 Å². The zero-order valence-electron chi connectivity index (χ0n) is 14.4. The Morgan fingerprint density at radius 3 is 1.22 bits per heavy atom. The van der Waals surface area contributed by atoms with E-state index in [1.54, 1.807) is 0 Å². The molecule has 0 aliphatic heterocycles. The van der Waals surface area contributed by atoms with E-state index in [0.717, 1.165) is 0 Å². The van der Waals surface area contributed by atoms with Crippen LogP contribution >= 0.6 is 27.6 Å². The molecule has 2 N–H and O–H groups in total. The van der Waals surface area contributed by atoms with Crippen molar-refractivity contribution in [2.45, 2.75) is 54.5 Å². The molecule has 1 fully saturated rings. The van der Waals surface area contributed by atoms with Crippen LogP contribution < -0.4 is 5.32 Å². The monoisotopic (exact) mass is 552 g/mol. The molecule has 1 aliphatic carbocycles. The van der Waals surface area contributed by atoms with E-state index in [2.05, 4.69) is 39.9 Å². The van der Waals surface area contributed by atoms with E-state index < -0.39 is 27.2 Å². The van der Waals surface area contributed by atoms with Gasteiger partial charge in [-0.05, 0) is 36.5 Å². The van der Waals surface area contributed by atoms with Gasteiger partial charge in [0.1, 0.15) is 6.04 Å². The van der Waals surface area contributed by atoms with E-state index in [0.29, 0.717) is 0 Å². The first-order chi connectivity index (χ1) is 10.3. The Morgan fingerprint density at radius 2 is 1.13 bits per heavy atom. The number of hydrogen-bond donors (Lipinski definition) is 2. The molecule has 23 heavy (non-hydrogen) atoms. The molecule has 1 saturated carbocycles. The summed E-state index contributed by atoms with van der Waals surface area (Å²) in [4.78, 5) is 20.2. The van der Waals surface area contributed by atoms with Gasteiger partial charge in [-0.1, -0.05) is 34.6 Å². The summed E-state index contributed by atoms with van der Waals surface area (Å²) in [5.41, 5.74) is 0. The summed E-state index contributed by atoms with van der Waals surface area (Å²) in [6.45, 7) is 13.7. The first-order valence-corrected chi connectivity index (χ1v) is 18.7. The van der Waals surface area contributed by atoms with Crippen LogP contribution in [0.15, 0.2) is 0 Å². The van der Waals surface area contributed by atoms with Gasteiger partial charge in [0.2, 0.25) is 5.91 Å². The molecule has 0 bridgehead atoms. The van der Waals surface area contributed by atoms with Gasteiger partial charge in [-0.3, -0.25) is 9.59 Å². The van der Waals surface area contributed by atoms with Crippen molar-refractivity contribution in [3.8, 4) is 0 Å². The third-order valence-electron chi connectivity index (χ3n) is 3.60. The second-order valence-corrected chi connectivity index (χ2v) is 19.0. The van der Waals surface area contributed by atoms with Crippen molar-refractivity contribution >= 4 is 39.4 Å². The van der Waals surface area contributed by atoms with Crippen LogP contribution in [-0.4, -0.2) is 23.0 Å². The molecule has 8 heteroatoms. The topological polar surface area (TPSA) is 66.4 Å². The van der Waals surface area contributed by atoms with E-state index >= 15 is 0 Å². The Balaban J connectivity index is 0. The summed E-state index contributed by atoms with van der Waals surface area (Å²) in [5.74, 6) is 5.99. The molecule has 1 rings (SSSR count). The first-order valence-electron chi connectivity index (χ1n) is 6.79. The van der Waals surface area contributed by atoms with E-state index in [-0.39, 0.29) is 5.91 Å².